The lowest BCUT2D eigenvalue weighted by atomic mass is 10.1. The second-order valence-corrected chi connectivity index (χ2v) is 5.90. The summed E-state index contributed by atoms with van der Waals surface area (Å²) in [6.07, 6.45) is 3.58. The third-order valence-electron chi connectivity index (χ3n) is 4.33. The fourth-order valence-electron chi connectivity index (χ4n) is 3.22. The molecule has 0 aliphatic carbocycles. The van der Waals surface area contributed by atoms with Crippen molar-refractivity contribution in [1.29, 1.82) is 0 Å². The van der Waals surface area contributed by atoms with Crippen LogP contribution in [0, 0.1) is 6.92 Å². The Morgan fingerprint density at radius 1 is 1.24 bits per heavy atom. The van der Waals surface area contributed by atoms with E-state index in [4.69, 9.17) is 4.74 Å². The number of nitrogens with zero attached hydrogens (tertiary/aromatic N) is 4. The molecule has 116 valence electrons. The van der Waals surface area contributed by atoms with Gasteiger partial charge in [-0.15, -0.1) is 0 Å². The van der Waals surface area contributed by atoms with Crippen LogP contribution in [0.5, 0.6) is 0 Å². The van der Waals surface area contributed by atoms with Crippen molar-refractivity contribution in [3.05, 3.63) is 18.1 Å². The van der Waals surface area contributed by atoms with Gasteiger partial charge in [-0.05, 0) is 25.8 Å². The first-order chi connectivity index (χ1) is 10.2. The predicted octanol–water partition coefficient (Wildman–Crippen LogP) is 0.447. The minimum Gasteiger partial charge on any atom is -0.390 e. The maximum Gasteiger partial charge on any atom is 0.132 e. The minimum atomic E-state index is -0.342. The number of hydrogen-bond acceptors (Lipinski definition) is 6. The summed E-state index contributed by atoms with van der Waals surface area (Å²) in [7, 11) is 0. The molecule has 6 nitrogen and oxygen atoms in total. The fourth-order valence-corrected chi connectivity index (χ4v) is 3.22. The van der Waals surface area contributed by atoms with Crippen LogP contribution in [0.1, 0.15) is 18.7 Å². The molecular formula is C15H24N4O2. The van der Waals surface area contributed by atoms with Crippen molar-refractivity contribution in [3.8, 4) is 0 Å². The zero-order valence-electron chi connectivity index (χ0n) is 12.6. The molecule has 3 heterocycles. The normalized spacial score (nSPS) is 25.8. The topological polar surface area (TPSA) is 61.7 Å². The van der Waals surface area contributed by atoms with Crippen LogP contribution in [0.25, 0.3) is 0 Å². The second kappa shape index (κ2) is 6.68. The van der Waals surface area contributed by atoms with Crippen LogP contribution in [-0.2, 0) is 4.74 Å². The van der Waals surface area contributed by atoms with Gasteiger partial charge >= 0.3 is 0 Å². The van der Waals surface area contributed by atoms with Gasteiger partial charge < -0.3 is 14.7 Å². The van der Waals surface area contributed by atoms with Gasteiger partial charge in [-0.25, -0.2) is 9.97 Å². The average molecular weight is 292 g/mol. The maximum absolute atomic E-state index is 10.3. The molecule has 0 spiro atoms. The Labute approximate surface area is 125 Å². The molecule has 1 atom stereocenters. The van der Waals surface area contributed by atoms with Gasteiger partial charge in [0.15, 0.2) is 0 Å². The first kappa shape index (κ1) is 14.7. The number of aromatic nitrogens is 2. The van der Waals surface area contributed by atoms with E-state index in [1.807, 2.05) is 13.0 Å². The van der Waals surface area contributed by atoms with E-state index in [9.17, 15) is 5.11 Å². The van der Waals surface area contributed by atoms with E-state index < -0.39 is 0 Å². The largest absolute Gasteiger partial charge is 0.390 e. The first-order valence-corrected chi connectivity index (χ1v) is 7.77. The molecule has 2 aliphatic rings. The smallest absolute Gasteiger partial charge is 0.132 e. The second-order valence-electron chi connectivity index (χ2n) is 5.90. The summed E-state index contributed by atoms with van der Waals surface area (Å²) in [5, 5.41) is 10.3. The Balaban J connectivity index is 1.67. The summed E-state index contributed by atoms with van der Waals surface area (Å²) < 4.78 is 5.44. The number of aliphatic hydroxyl groups excluding tert-OH is 1. The molecule has 3 rings (SSSR count). The molecule has 2 aliphatic heterocycles. The maximum atomic E-state index is 10.3. The molecule has 0 radical (unpaired) electrons. The number of aliphatic hydroxyl groups is 1. The Kier molecular flexibility index (Phi) is 4.67. The number of aryl methyl sites for hydroxylation is 1. The SMILES string of the molecule is Cc1nccc(N2CCN(C3CCOCC3)CC(O)C2)n1. The molecular weight excluding hydrogens is 268 g/mol. The highest BCUT2D eigenvalue weighted by Crippen LogP contribution is 2.19. The van der Waals surface area contributed by atoms with Crippen molar-refractivity contribution in [3.63, 3.8) is 0 Å². The molecule has 0 aromatic carbocycles. The number of anilines is 1. The molecule has 21 heavy (non-hydrogen) atoms. The highest BCUT2D eigenvalue weighted by atomic mass is 16.5. The lowest BCUT2D eigenvalue weighted by molar-refractivity contribution is 0.0219. The minimum absolute atomic E-state index is 0.342. The molecule has 2 saturated heterocycles. The van der Waals surface area contributed by atoms with E-state index >= 15 is 0 Å². The summed E-state index contributed by atoms with van der Waals surface area (Å²) in [6.45, 7) is 6.81. The van der Waals surface area contributed by atoms with Gasteiger partial charge in [-0.1, -0.05) is 0 Å². The molecule has 0 saturated carbocycles. The standard InChI is InChI=1S/C15H24N4O2/c1-12-16-5-2-15(17-12)19-7-6-18(10-14(20)11-19)13-3-8-21-9-4-13/h2,5,13-14,20H,3-4,6-11H2,1H3. The van der Waals surface area contributed by atoms with E-state index in [-0.39, 0.29) is 6.10 Å². The van der Waals surface area contributed by atoms with Crippen molar-refractivity contribution in [2.75, 3.05) is 44.3 Å². The zero-order valence-corrected chi connectivity index (χ0v) is 12.6. The summed E-state index contributed by atoms with van der Waals surface area (Å²) in [4.78, 5) is 13.2. The lowest BCUT2D eigenvalue weighted by Crippen LogP contribution is -2.43. The van der Waals surface area contributed by atoms with E-state index in [0.717, 1.165) is 57.3 Å². The zero-order chi connectivity index (χ0) is 14.7. The summed E-state index contributed by atoms with van der Waals surface area (Å²) in [5.74, 6) is 1.68. The van der Waals surface area contributed by atoms with Gasteiger partial charge in [0.2, 0.25) is 0 Å². The number of hydrogen-bond donors (Lipinski definition) is 1. The monoisotopic (exact) mass is 292 g/mol. The molecule has 2 fully saturated rings. The van der Waals surface area contributed by atoms with Crippen LogP contribution in [0.3, 0.4) is 0 Å². The number of ether oxygens (including phenoxy) is 1. The quantitative estimate of drug-likeness (QED) is 0.854. The third-order valence-corrected chi connectivity index (χ3v) is 4.33. The van der Waals surface area contributed by atoms with Crippen LogP contribution in [0.4, 0.5) is 5.82 Å². The average Bonchev–Trinajstić information content (AvgIpc) is 2.70. The molecule has 1 N–H and O–H groups in total. The third kappa shape index (κ3) is 3.70. The van der Waals surface area contributed by atoms with Crippen molar-refractivity contribution in [2.45, 2.75) is 31.9 Å². The first-order valence-electron chi connectivity index (χ1n) is 7.77. The molecule has 1 aromatic heterocycles. The summed E-state index contributed by atoms with van der Waals surface area (Å²) >= 11 is 0. The van der Waals surface area contributed by atoms with Crippen molar-refractivity contribution >= 4 is 5.82 Å². The van der Waals surface area contributed by atoms with Crippen molar-refractivity contribution in [1.82, 2.24) is 14.9 Å². The number of rotatable bonds is 2. The Bertz CT molecular complexity index is 465. The number of β-amino-alcohol motifs (C(OH)–C–C–N with tert-alkyl or cyclic N) is 1. The van der Waals surface area contributed by atoms with Crippen molar-refractivity contribution in [2.24, 2.45) is 0 Å². The van der Waals surface area contributed by atoms with Crippen LogP contribution < -0.4 is 4.90 Å². The van der Waals surface area contributed by atoms with Gasteiger partial charge in [0.25, 0.3) is 0 Å². The fraction of sp³-hybridized carbons (Fsp3) is 0.733. The molecule has 1 aromatic rings. The Morgan fingerprint density at radius 2 is 2.05 bits per heavy atom. The van der Waals surface area contributed by atoms with Gasteiger partial charge in [0.05, 0.1) is 6.10 Å². The Hall–Kier alpha value is -1.24. The summed E-state index contributed by atoms with van der Waals surface area (Å²) in [5.41, 5.74) is 0. The summed E-state index contributed by atoms with van der Waals surface area (Å²) in [6, 6.07) is 2.46. The molecule has 6 heteroatoms. The van der Waals surface area contributed by atoms with Crippen LogP contribution in [0.15, 0.2) is 12.3 Å². The predicted molar refractivity (Wildman–Crippen MR) is 80.4 cm³/mol. The van der Waals surface area contributed by atoms with E-state index in [2.05, 4.69) is 19.8 Å². The molecule has 0 amide bonds. The van der Waals surface area contributed by atoms with Crippen LogP contribution >= 0.6 is 0 Å². The lowest BCUT2D eigenvalue weighted by Gasteiger charge is -2.33. The van der Waals surface area contributed by atoms with Gasteiger partial charge in [0.1, 0.15) is 11.6 Å². The Morgan fingerprint density at radius 3 is 2.81 bits per heavy atom. The molecule has 1 unspecified atom stereocenters. The van der Waals surface area contributed by atoms with Gasteiger partial charge in [-0.3, -0.25) is 4.90 Å². The van der Waals surface area contributed by atoms with E-state index in [0.29, 0.717) is 12.6 Å². The highest BCUT2D eigenvalue weighted by molar-refractivity contribution is 5.38. The van der Waals surface area contributed by atoms with Gasteiger partial charge in [-0.2, -0.15) is 0 Å². The van der Waals surface area contributed by atoms with E-state index in [1.54, 1.807) is 6.20 Å². The van der Waals surface area contributed by atoms with Crippen molar-refractivity contribution < 1.29 is 9.84 Å². The van der Waals surface area contributed by atoms with Gasteiger partial charge in [0, 0.05) is 51.6 Å². The highest BCUT2D eigenvalue weighted by Gasteiger charge is 2.28. The van der Waals surface area contributed by atoms with Crippen LogP contribution in [0.2, 0.25) is 0 Å². The van der Waals surface area contributed by atoms with Crippen LogP contribution in [-0.4, -0.2) is 71.5 Å². The molecule has 0 bridgehead atoms. The van der Waals surface area contributed by atoms with E-state index in [1.165, 1.54) is 0 Å².